The lowest BCUT2D eigenvalue weighted by Crippen LogP contribution is -2.24. The predicted octanol–water partition coefficient (Wildman–Crippen LogP) is 0.990. The molecule has 0 aliphatic carbocycles. The topological polar surface area (TPSA) is 28.7 Å². The van der Waals surface area contributed by atoms with Crippen LogP contribution >= 0.6 is 0 Å². The zero-order valence-electron chi connectivity index (χ0n) is 5.37. The number of hydrogen-bond donors (Lipinski definition) is 0. The largest absolute Gasteiger partial charge is 0.443 e. The van der Waals surface area contributed by atoms with Crippen molar-refractivity contribution in [3.05, 3.63) is 17.4 Å². The summed E-state index contributed by atoms with van der Waals surface area (Å²) in [5.41, 5.74) is 1.13. The number of furan rings is 1. The first-order valence-electron chi connectivity index (χ1n) is 3.31. The standard InChI is InChI=1S/C7H6N2O/c1-5-2-8-4-9-3-6(1)10-7(5)9/h1-2H,3-4H2. The molecule has 0 atom stereocenters. The molecule has 0 saturated carbocycles. The zero-order chi connectivity index (χ0) is 6.55. The van der Waals surface area contributed by atoms with Gasteiger partial charge in [0.15, 0.2) is 0 Å². The maximum atomic E-state index is 5.41. The van der Waals surface area contributed by atoms with E-state index in [0.29, 0.717) is 0 Å². The Morgan fingerprint density at radius 3 is 3.30 bits per heavy atom. The van der Waals surface area contributed by atoms with Crippen molar-refractivity contribution in [3.63, 3.8) is 0 Å². The molecule has 50 valence electrons. The molecule has 1 aromatic heterocycles. The Hall–Kier alpha value is -1.25. The molecule has 0 spiro atoms. The second kappa shape index (κ2) is 1.26. The summed E-state index contributed by atoms with van der Waals surface area (Å²) in [6, 6.07) is 2.05. The summed E-state index contributed by atoms with van der Waals surface area (Å²) >= 11 is 0. The summed E-state index contributed by atoms with van der Waals surface area (Å²) < 4.78 is 5.41. The molecule has 0 radical (unpaired) electrons. The molecular weight excluding hydrogens is 128 g/mol. The minimum atomic E-state index is 0.760. The van der Waals surface area contributed by atoms with Crippen LogP contribution in [0.4, 0.5) is 5.88 Å². The smallest absolute Gasteiger partial charge is 0.206 e. The maximum Gasteiger partial charge on any atom is 0.206 e. The van der Waals surface area contributed by atoms with E-state index in [1.165, 1.54) is 0 Å². The summed E-state index contributed by atoms with van der Waals surface area (Å²) in [4.78, 5) is 6.29. The van der Waals surface area contributed by atoms with Crippen LogP contribution in [0.2, 0.25) is 0 Å². The fourth-order valence-corrected chi connectivity index (χ4v) is 1.48. The Labute approximate surface area is 58.0 Å². The van der Waals surface area contributed by atoms with Gasteiger partial charge in [-0.05, 0) is 6.07 Å². The van der Waals surface area contributed by atoms with Gasteiger partial charge in [0.2, 0.25) is 5.88 Å². The molecule has 0 amide bonds. The molecule has 2 aliphatic heterocycles. The Morgan fingerprint density at radius 1 is 1.60 bits per heavy atom. The van der Waals surface area contributed by atoms with Gasteiger partial charge >= 0.3 is 0 Å². The van der Waals surface area contributed by atoms with E-state index in [2.05, 4.69) is 16.0 Å². The molecule has 0 N–H and O–H groups in total. The number of hydrogen-bond acceptors (Lipinski definition) is 3. The van der Waals surface area contributed by atoms with Gasteiger partial charge in [0.1, 0.15) is 12.4 Å². The van der Waals surface area contributed by atoms with Gasteiger partial charge in [-0.25, -0.2) is 0 Å². The van der Waals surface area contributed by atoms with Crippen LogP contribution in [0.5, 0.6) is 0 Å². The molecule has 2 aliphatic rings. The van der Waals surface area contributed by atoms with Crippen molar-refractivity contribution in [2.24, 2.45) is 4.99 Å². The lowest BCUT2D eigenvalue weighted by Gasteiger charge is -2.18. The maximum absolute atomic E-state index is 5.41. The molecular formula is C7H6N2O. The van der Waals surface area contributed by atoms with Crippen molar-refractivity contribution in [3.8, 4) is 0 Å². The Bertz CT molecular complexity index is 313. The Kier molecular flexibility index (Phi) is 0.572. The molecule has 0 fully saturated rings. The van der Waals surface area contributed by atoms with Crippen LogP contribution in [0.1, 0.15) is 11.3 Å². The molecule has 0 saturated heterocycles. The van der Waals surface area contributed by atoms with Gasteiger partial charge in [-0.1, -0.05) is 0 Å². The minimum absolute atomic E-state index is 0.760. The molecule has 3 rings (SSSR count). The van der Waals surface area contributed by atoms with Gasteiger partial charge in [0.25, 0.3) is 0 Å². The number of rotatable bonds is 0. The number of aliphatic imine (C=N–C) groups is 1. The van der Waals surface area contributed by atoms with Crippen molar-refractivity contribution in [2.45, 2.75) is 6.54 Å². The van der Waals surface area contributed by atoms with Crippen LogP contribution in [0, 0.1) is 0 Å². The van der Waals surface area contributed by atoms with Crippen LogP contribution in [0.25, 0.3) is 0 Å². The Balaban J connectivity index is 2.35. The second-order valence-corrected chi connectivity index (χ2v) is 2.62. The van der Waals surface area contributed by atoms with Crippen LogP contribution in [0.3, 0.4) is 0 Å². The van der Waals surface area contributed by atoms with E-state index < -0.39 is 0 Å². The summed E-state index contributed by atoms with van der Waals surface area (Å²) in [7, 11) is 0. The molecule has 2 bridgehead atoms. The molecule has 3 heterocycles. The number of nitrogens with zero attached hydrogens (tertiary/aromatic N) is 2. The first-order chi connectivity index (χ1) is 4.93. The van der Waals surface area contributed by atoms with Crippen LogP contribution < -0.4 is 4.90 Å². The van der Waals surface area contributed by atoms with Gasteiger partial charge in [-0.3, -0.25) is 4.99 Å². The Morgan fingerprint density at radius 2 is 2.60 bits per heavy atom. The molecule has 1 aromatic rings. The summed E-state index contributed by atoms with van der Waals surface area (Å²) in [6.07, 6.45) is 1.87. The van der Waals surface area contributed by atoms with Crippen molar-refractivity contribution in [1.29, 1.82) is 0 Å². The lowest BCUT2D eigenvalue weighted by atomic mass is 10.2. The first-order valence-corrected chi connectivity index (χ1v) is 3.31. The fraction of sp³-hybridized carbons (Fsp3) is 0.286. The fourth-order valence-electron chi connectivity index (χ4n) is 1.48. The van der Waals surface area contributed by atoms with Gasteiger partial charge in [-0.2, -0.15) is 0 Å². The van der Waals surface area contributed by atoms with E-state index in [1.54, 1.807) is 0 Å². The highest BCUT2D eigenvalue weighted by Gasteiger charge is 2.26. The SMILES string of the molecule is C1=NCN2Cc3cc1c2o3. The second-order valence-electron chi connectivity index (χ2n) is 2.62. The summed E-state index contributed by atoms with van der Waals surface area (Å²) in [6.45, 7) is 1.67. The molecule has 3 nitrogen and oxygen atoms in total. The average molecular weight is 134 g/mol. The van der Waals surface area contributed by atoms with Crippen LogP contribution in [-0.2, 0) is 6.54 Å². The van der Waals surface area contributed by atoms with E-state index in [1.807, 2.05) is 6.21 Å². The first kappa shape index (κ1) is 4.55. The van der Waals surface area contributed by atoms with Crippen molar-refractivity contribution in [2.75, 3.05) is 11.6 Å². The van der Waals surface area contributed by atoms with Gasteiger partial charge in [0, 0.05) is 6.21 Å². The molecule has 0 unspecified atom stereocenters. The van der Waals surface area contributed by atoms with Gasteiger partial charge in [-0.15, -0.1) is 0 Å². The zero-order valence-corrected chi connectivity index (χ0v) is 5.37. The minimum Gasteiger partial charge on any atom is -0.443 e. The van der Waals surface area contributed by atoms with E-state index >= 15 is 0 Å². The van der Waals surface area contributed by atoms with E-state index in [0.717, 1.165) is 30.4 Å². The van der Waals surface area contributed by atoms with Crippen molar-refractivity contribution in [1.82, 2.24) is 0 Å². The highest BCUT2D eigenvalue weighted by Crippen LogP contribution is 2.34. The number of anilines is 1. The highest BCUT2D eigenvalue weighted by atomic mass is 16.4. The van der Waals surface area contributed by atoms with Crippen molar-refractivity contribution >= 4 is 12.1 Å². The third-order valence-corrected chi connectivity index (χ3v) is 1.91. The van der Waals surface area contributed by atoms with Gasteiger partial charge in [0.05, 0.1) is 12.1 Å². The third kappa shape index (κ3) is 0.364. The highest BCUT2D eigenvalue weighted by molar-refractivity contribution is 5.89. The monoisotopic (exact) mass is 134 g/mol. The molecule has 3 heteroatoms. The van der Waals surface area contributed by atoms with E-state index in [9.17, 15) is 0 Å². The summed E-state index contributed by atoms with van der Waals surface area (Å²) in [5, 5.41) is 0. The van der Waals surface area contributed by atoms with Crippen molar-refractivity contribution < 1.29 is 4.42 Å². The molecule has 10 heavy (non-hydrogen) atoms. The average Bonchev–Trinajstić information content (AvgIpc) is 2.40. The van der Waals surface area contributed by atoms with Gasteiger partial charge < -0.3 is 9.32 Å². The van der Waals surface area contributed by atoms with Crippen LogP contribution in [-0.4, -0.2) is 12.9 Å². The predicted molar refractivity (Wildman–Crippen MR) is 37.4 cm³/mol. The summed E-state index contributed by atoms with van der Waals surface area (Å²) in [5.74, 6) is 2.07. The normalized spacial score (nSPS) is 18.6. The van der Waals surface area contributed by atoms with Crippen LogP contribution in [0.15, 0.2) is 15.5 Å². The quantitative estimate of drug-likeness (QED) is 0.529. The third-order valence-electron chi connectivity index (χ3n) is 1.91. The lowest BCUT2D eigenvalue weighted by molar-refractivity contribution is 0.574. The number of fused-ring (bicyclic) bond motifs is 1. The molecule has 0 aromatic carbocycles. The van der Waals surface area contributed by atoms with E-state index in [-0.39, 0.29) is 0 Å². The van der Waals surface area contributed by atoms with E-state index in [4.69, 9.17) is 4.42 Å².